The van der Waals surface area contributed by atoms with Gasteiger partial charge in [-0.25, -0.2) is 0 Å². The molecule has 1 aromatic carbocycles. The summed E-state index contributed by atoms with van der Waals surface area (Å²) in [7, 11) is 0. The molecule has 1 fully saturated rings. The molecular weight excluding hydrogens is 224 g/mol. The first-order valence-electron chi connectivity index (χ1n) is 5.11. The van der Waals surface area contributed by atoms with E-state index in [0.717, 1.165) is 16.1 Å². The van der Waals surface area contributed by atoms with E-state index in [-0.39, 0.29) is 11.4 Å². The second-order valence-electron chi connectivity index (χ2n) is 4.20. The van der Waals surface area contributed by atoms with E-state index in [4.69, 9.17) is 10.5 Å². The zero-order valence-corrected chi connectivity index (χ0v) is 9.47. The maximum Gasteiger partial charge on any atom is 0.234 e. The molecule has 84 valence electrons. The maximum absolute atomic E-state index is 11.3. The number of ether oxygens (including phenoxy) is 1. The van der Waals surface area contributed by atoms with Gasteiger partial charge in [-0.1, -0.05) is 6.07 Å². The Morgan fingerprint density at radius 2 is 2.25 bits per heavy atom. The van der Waals surface area contributed by atoms with Gasteiger partial charge in [-0.05, 0) is 17.7 Å². The van der Waals surface area contributed by atoms with Crippen molar-refractivity contribution in [3.05, 3.63) is 23.8 Å². The standard InChI is InChI=1S/C11H12N2O2S/c12-11(5-15-6-11)7-1-2-9-8(3-7)13-10(14)4-16-9/h1-3H,4-6,12H2,(H,13,14). The molecule has 1 amide bonds. The number of hydrogen-bond donors (Lipinski definition) is 2. The van der Waals surface area contributed by atoms with Gasteiger partial charge in [0.15, 0.2) is 0 Å². The molecule has 0 spiro atoms. The Labute approximate surface area is 97.5 Å². The molecule has 4 nitrogen and oxygen atoms in total. The molecule has 2 heterocycles. The summed E-state index contributed by atoms with van der Waals surface area (Å²) in [5, 5.41) is 2.86. The lowest BCUT2D eigenvalue weighted by Crippen LogP contribution is -2.54. The van der Waals surface area contributed by atoms with Crippen molar-refractivity contribution < 1.29 is 9.53 Å². The highest BCUT2D eigenvalue weighted by molar-refractivity contribution is 8.00. The fourth-order valence-electron chi connectivity index (χ4n) is 1.88. The summed E-state index contributed by atoms with van der Waals surface area (Å²) >= 11 is 1.56. The Morgan fingerprint density at radius 3 is 2.94 bits per heavy atom. The minimum absolute atomic E-state index is 0.0468. The van der Waals surface area contributed by atoms with E-state index in [9.17, 15) is 4.79 Å². The number of carbonyl (C=O) groups is 1. The van der Waals surface area contributed by atoms with E-state index < -0.39 is 0 Å². The molecule has 5 heteroatoms. The van der Waals surface area contributed by atoms with Crippen LogP contribution in [-0.4, -0.2) is 24.9 Å². The molecule has 0 unspecified atom stereocenters. The van der Waals surface area contributed by atoms with Crippen molar-refractivity contribution in [2.75, 3.05) is 24.3 Å². The minimum atomic E-state index is -0.373. The summed E-state index contributed by atoms with van der Waals surface area (Å²) in [5.41, 5.74) is 7.67. The maximum atomic E-state index is 11.3. The molecule has 2 aliphatic heterocycles. The van der Waals surface area contributed by atoms with Crippen molar-refractivity contribution in [3.8, 4) is 0 Å². The van der Waals surface area contributed by atoms with Gasteiger partial charge in [0, 0.05) is 4.90 Å². The molecule has 0 radical (unpaired) electrons. The highest BCUT2D eigenvalue weighted by Crippen LogP contribution is 2.36. The second-order valence-corrected chi connectivity index (χ2v) is 5.21. The molecule has 0 bridgehead atoms. The minimum Gasteiger partial charge on any atom is -0.377 e. The molecule has 1 saturated heterocycles. The predicted octanol–water partition coefficient (Wildman–Crippen LogP) is 0.915. The van der Waals surface area contributed by atoms with Crippen LogP contribution in [0.4, 0.5) is 5.69 Å². The van der Waals surface area contributed by atoms with E-state index in [2.05, 4.69) is 5.32 Å². The van der Waals surface area contributed by atoms with Gasteiger partial charge in [0.05, 0.1) is 30.2 Å². The first-order valence-corrected chi connectivity index (χ1v) is 6.10. The zero-order chi connectivity index (χ0) is 11.2. The number of nitrogens with one attached hydrogen (secondary N) is 1. The number of fused-ring (bicyclic) bond motifs is 1. The van der Waals surface area contributed by atoms with Crippen molar-refractivity contribution in [1.29, 1.82) is 0 Å². The largest absolute Gasteiger partial charge is 0.377 e. The molecule has 0 saturated carbocycles. The van der Waals surface area contributed by atoms with Crippen molar-refractivity contribution in [3.63, 3.8) is 0 Å². The number of rotatable bonds is 1. The highest BCUT2D eigenvalue weighted by Gasteiger charge is 2.36. The van der Waals surface area contributed by atoms with Crippen molar-refractivity contribution >= 4 is 23.4 Å². The lowest BCUT2D eigenvalue weighted by atomic mass is 9.89. The number of nitrogens with two attached hydrogens (primary N) is 1. The van der Waals surface area contributed by atoms with Gasteiger partial charge in [-0.2, -0.15) is 0 Å². The lowest BCUT2D eigenvalue weighted by Gasteiger charge is -2.38. The average molecular weight is 236 g/mol. The normalized spacial score (nSPS) is 21.9. The topological polar surface area (TPSA) is 64.3 Å². The SMILES string of the molecule is NC1(c2ccc3c(c2)NC(=O)CS3)COC1. The molecular formula is C11H12N2O2S. The summed E-state index contributed by atoms with van der Waals surface area (Å²) in [6.07, 6.45) is 0. The number of hydrogen-bond acceptors (Lipinski definition) is 4. The Balaban J connectivity index is 1.98. The van der Waals surface area contributed by atoms with Gasteiger partial charge >= 0.3 is 0 Å². The summed E-state index contributed by atoms with van der Waals surface area (Å²) < 4.78 is 5.14. The van der Waals surface area contributed by atoms with Crippen molar-refractivity contribution in [1.82, 2.24) is 0 Å². The first-order chi connectivity index (χ1) is 7.67. The third kappa shape index (κ3) is 1.52. The molecule has 1 aromatic rings. The van der Waals surface area contributed by atoms with Crippen molar-refractivity contribution in [2.45, 2.75) is 10.4 Å². The smallest absolute Gasteiger partial charge is 0.234 e. The van der Waals surface area contributed by atoms with Crippen LogP contribution < -0.4 is 11.1 Å². The molecule has 3 rings (SSSR count). The quantitative estimate of drug-likeness (QED) is 0.761. The summed E-state index contributed by atoms with van der Waals surface area (Å²) in [6, 6.07) is 6.00. The number of amides is 1. The van der Waals surface area contributed by atoms with Crippen LogP contribution in [0.2, 0.25) is 0 Å². The Kier molecular flexibility index (Phi) is 2.20. The molecule has 0 aliphatic carbocycles. The Morgan fingerprint density at radius 1 is 1.44 bits per heavy atom. The van der Waals surface area contributed by atoms with E-state index in [1.807, 2.05) is 18.2 Å². The first kappa shape index (κ1) is 10.1. The van der Waals surface area contributed by atoms with E-state index in [1.165, 1.54) is 0 Å². The molecule has 3 N–H and O–H groups in total. The summed E-state index contributed by atoms with van der Waals surface area (Å²) in [6.45, 7) is 1.10. The Bertz CT molecular complexity index is 457. The van der Waals surface area contributed by atoms with Crippen LogP contribution in [0.15, 0.2) is 23.1 Å². The number of carbonyl (C=O) groups excluding carboxylic acids is 1. The van der Waals surface area contributed by atoms with E-state index in [0.29, 0.717) is 19.0 Å². The van der Waals surface area contributed by atoms with Gasteiger partial charge in [0.2, 0.25) is 5.91 Å². The van der Waals surface area contributed by atoms with Gasteiger partial charge < -0.3 is 15.8 Å². The number of thioether (sulfide) groups is 1. The third-order valence-electron chi connectivity index (χ3n) is 2.91. The number of benzene rings is 1. The lowest BCUT2D eigenvalue weighted by molar-refractivity contribution is -0.113. The molecule has 0 aromatic heterocycles. The summed E-state index contributed by atoms with van der Waals surface area (Å²) in [5.74, 6) is 0.536. The van der Waals surface area contributed by atoms with Gasteiger partial charge in [0.25, 0.3) is 0 Å². The zero-order valence-electron chi connectivity index (χ0n) is 8.66. The van der Waals surface area contributed by atoms with Crippen LogP contribution in [0, 0.1) is 0 Å². The average Bonchev–Trinajstić information content (AvgIpc) is 2.25. The van der Waals surface area contributed by atoms with Crippen LogP contribution in [0.3, 0.4) is 0 Å². The van der Waals surface area contributed by atoms with E-state index in [1.54, 1.807) is 11.8 Å². The highest BCUT2D eigenvalue weighted by atomic mass is 32.2. The Hall–Kier alpha value is -1.04. The summed E-state index contributed by atoms with van der Waals surface area (Å²) in [4.78, 5) is 12.4. The van der Waals surface area contributed by atoms with E-state index >= 15 is 0 Å². The van der Waals surface area contributed by atoms with Gasteiger partial charge in [0.1, 0.15) is 0 Å². The second kappa shape index (κ2) is 3.48. The fourth-order valence-corrected chi connectivity index (χ4v) is 2.67. The van der Waals surface area contributed by atoms with Crippen LogP contribution in [0.1, 0.15) is 5.56 Å². The molecule has 16 heavy (non-hydrogen) atoms. The monoisotopic (exact) mass is 236 g/mol. The molecule has 0 atom stereocenters. The third-order valence-corrected chi connectivity index (χ3v) is 3.98. The fraction of sp³-hybridized carbons (Fsp3) is 0.364. The van der Waals surface area contributed by atoms with Gasteiger partial charge in [-0.15, -0.1) is 11.8 Å². The molecule has 2 aliphatic rings. The predicted molar refractivity (Wildman–Crippen MR) is 62.5 cm³/mol. The van der Waals surface area contributed by atoms with Crippen molar-refractivity contribution in [2.24, 2.45) is 5.73 Å². The van der Waals surface area contributed by atoms with Crippen LogP contribution in [-0.2, 0) is 15.1 Å². The van der Waals surface area contributed by atoms with Crippen LogP contribution in [0.5, 0.6) is 0 Å². The van der Waals surface area contributed by atoms with Crippen LogP contribution in [0.25, 0.3) is 0 Å². The van der Waals surface area contributed by atoms with Gasteiger partial charge in [-0.3, -0.25) is 4.79 Å². The van der Waals surface area contributed by atoms with Crippen LogP contribution >= 0.6 is 11.8 Å². The number of anilines is 1.